The molecule has 1 amide bonds. The maximum atomic E-state index is 14.0. The summed E-state index contributed by atoms with van der Waals surface area (Å²) in [5, 5.41) is 33.0. The van der Waals surface area contributed by atoms with Gasteiger partial charge in [0.05, 0.1) is 23.6 Å². The Hall–Kier alpha value is -4.05. The lowest BCUT2D eigenvalue weighted by atomic mass is 9.62. The van der Waals surface area contributed by atoms with E-state index in [1.54, 1.807) is 12.1 Å². The molecule has 200 valence electrons. The molecule has 3 atom stereocenters. The zero-order valence-corrected chi connectivity index (χ0v) is 21.7. The van der Waals surface area contributed by atoms with Crippen LogP contribution >= 0.6 is 0 Å². The first-order chi connectivity index (χ1) is 17.9. The Bertz CT molecular complexity index is 1450. The minimum Gasteiger partial charge on any atom is -0.511 e. The zero-order chi connectivity index (χ0) is 27.6. The second-order valence-corrected chi connectivity index (χ2v) is 10.8. The highest BCUT2D eigenvalue weighted by atomic mass is 16.3. The van der Waals surface area contributed by atoms with Crippen LogP contribution < -0.4 is 10.6 Å². The molecule has 3 aliphatic rings. The average Bonchev–Trinajstić information content (AvgIpc) is 3.25. The van der Waals surface area contributed by atoms with Gasteiger partial charge in [0, 0.05) is 31.8 Å². The lowest BCUT2D eigenvalue weighted by molar-refractivity contribution is -0.126. The molecule has 1 aromatic heterocycles. The van der Waals surface area contributed by atoms with E-state index in [0.717, 1.165) is 5.69 Å². The van der Waals surface area contributed by atoms with Crippen molar-refractivity contribution >= 4 is 23.2 Å². The molecule has 0 bridgehead atoms. The molecule has 1 heterocycles. The van der Waals surface area contributed by atoms with Crippen molar-refractivity contribution in [3.63, 3.8) is 0 Å². The fourth-order valence-corrected chi connectivity index (χ4v) is 6.19. The summed E-state index contributed by atoms with van der Waals surface area (Å²) in [6.45, 7) is 0.557. The van der Waals surface area contributed by atoms with Gasteiger partial charge in [-0.1, -0.05) is 0 Å². The van der Waals surface area contributed by atoms with E-state index in [9.17, 15) is 29.7 Å². The number of hydrogen-bond donors (Lipinski definition) is 4. The molecule has 38 heavy (non-hydrogen) atoms. The van der Waals surface area contributed by atoms with Crippen LogP contribution in [-0.2, 0) is 22.6 Å². The van der Waals surface area contributed by atoms with E-state index >= 15 is 0 Å². The van der Waals surface area contributed by atoms with Gasteiger partial charge in [-0.3, -0.25) is 14.4 Å². The maximum absolute atomic E-state index is 14.0. The number of aliphatic hydroxyl groups is 2. The van der Waals surface area contributed by atoms with Gasteiger partial charge in [0.1, 0.15) is 34.4 Å². The number of carbonyl (C=O) groups is 3. The van der Waals surface area contributed by atoms with Crippen molar-refractivity contribution in [1.82, 2.24) is 4.90 Å². The number of nitrogens with two attached hydrogens (primary N) is 1. The van der Waals surface area contributed by atoms with Gasteiger partial charge in [-0.25, -0.2) is 0 Å². The van der Waals surface area contributed by atoms with Crippen molar-refractivity contribution in [2.75, 3.05) is 33.1 Å². The number of allylic oxidation sites excluding steroid dienone is 3. The molecule has 0 radical (unpaired) electrons. The molecule has 0 fully saturated rings. The van der Waals surface area contributed by atoms with E-state index in [0.29, 0.717) is 42.0 Å². The first kappa shape index (κ1) is 25.6. The predicted octanol–water partition coefficient (Wildman–Crippen LogP) is 2.85. The van der Waals surface area contributed by atoms with Crippen molar-refractivity contribution in [3.8, 4) is 17.1 Å². The summed E-state index contributed by atoms with van der Waals surface area (Å²) in [4.78, 5) is 42.7. The molecule has 0 spiro atoms. The molecule has 5 N–H and O–H groups in total. The van der Waals surface area contributed by atoms with Gasteiger partial charge in [-0.15, -0.1) is 0 Å². The molecule has 3 aliphatic carbocycles. The van der Waals surface area contributed by atoms with Gasteiger partial charge < -0.3 is 35.3 Å². The number of amides is 1. The van der Waals surface area contributed by atoms with Gasteiger partial charge in [0.2, 0.25) is 0 Å². The largest absolute Gasteiger partial charge is 0.511 e. The van der Waals surface area contributed by atoms with E-state index in [4.69, 9.17) is 10.2 Å². The van der Waals surface area contributed by atoms with E-state index in [1.165, 1.54) is 0 Å². The number of benzene rings is 1. The Balaban J connectivity index is 1.65. The number of fused-ring (bicyclic) bond motifs is 3. The first-order valence-corrected chi connectivity index (χ1v) is 12.4. The van der Waals surface area contributed by atoms with E-state index in [1.807, 2.05) is 44.1 Å². The Kier molecular flexibility index (Phi) is 6.10. The number of Topliss-reactive ketones (excluding diaryl/α,β-unsaturated/α-hetero) is 2. The van der Waals surface area contributed by atoms with Crippen LogP contribution in [0, 0.1) is 17.8 Å². The van der Waals surface area contributed by atoms with Gasteiger partial charge in [0.15, 0.2) is 11.6 Å². The third kappa shape index (κ3) is 3.87. The molecule has 10 nitrogen and oxygen atoms in total. The van der Waals surface area contributed by atoms with Crippen LogP contribution in [0.1, 0.15) is 34.5 Å². The fraction of sp³-hybridized carbons (Fsp3) is 0.393. The minimum absolute atomic E-state index is 0.00205. The average molecular weight is 522 g/mol. The van der Waals surface area contributed by atoms with Crippen LogP contribution in [0.3, 0.4) is 0 Å². The van der Waals surface area contributed by atoms with Crippen LogP contribution in [-0.4, -0.2) is 65.9 Å². The van der Waals surface area contributed by atoms with Gasteiger partial charge in [-0.2, -0.15) is 0 Å². The standard InChI is InChI=1S/C28H31N3O7/c1-30(2)11-14-5-6-19(38-14)16-10-17(31(3)4)15-8-12-7-13-9-18(32)23(28(29)37)27(36)21(13)25(34)20(12)26(35)22(15)24(16)33/h5-6,10,12-13,21,32-34H,7-9,11H2,1-4H3,(H2,29,37)/t12-,13+,21?/m1/s1. The Morgan fingerprint density at radius 3 is 2.45 bits per heavy atom. The smallest absolute Gasteiger partial charge is 0.255 e. The number of primary amides is 1. The lowest BCUT2D eigenvalue weighted by Crippen LogP contribution is -2.43. The summed E-state index contributed by atoms with van der Waals surface area (Å²) in [6.07, 6.45) is 0.691. The Morgan fingerprint density at radius 2 is 1.82 bits per heavy atom. The topological polar surface area (TPSA) is 158 Å². The van der Waals surface area contributed by atoms with Crippen molar-refractivity contribution in [2.24, 2.45) is 23.5 Å². The van der Waals surface area contributed by atoms with Crippen molar-refractivity contribution in [1.29, 1.82) is 0 Å². The molecule has 5 rings (SSSR count). The number of ketones is 2. The summed E-state index contributed by atoms with van der Waals surface area (Å²) in [6, 6.07) is 5.34. The number of phenolic OH excluding ortho intramolecular Hbond substituents is 1. The Labute approximate surface area is 219 Å². The van der Waals surface area contributed by atoms with E-state index < -0.39 is 46.6 Å². The number of rotatable bonds is 5. The van der Waals surface area contributed by atoms with Gasteiger partial charge in [-0.05, 0) is 62.5 Å². The third-order valence-electron chi connectivity index (χ3n) is 7.74. The molecule has 1 aromatic carbocycles. The second-order valence-electron chi connectivity index (χ2n) is 10.8. The molecule has 10 heteroatoms. The van der Waals surface area contributed by atoms with Crippen molar-refractivity contribution < 1.29 is 34.1 Å². The molecule has 0 saturated carbocycles. The van der Waals surface area contributed by atoms with Crippen LogP contribution in [0.4, 0.5) is 5.69 Å². The van der Waals surface area contributed by atoms with Gasteiger partial charge >= 0.3 is 0 Å². The van der Waals surface area contributed by atoms with E-state index in [-0.39, 0.29) is 29.1 Å². The van der Waals surface area contributed by atoms with Crippen molar-refractivity contribution in [2.45, 2.75) is 25.8 Å². The summed E-state index contributed by atoms with van der Waals surface area (Å²) in [7, 11) is 7.50. The summed E-state index contributed by atoms with van der Waals surface area (Å²) >= 11 is 0. The molecule has 2 aromatic rings. The number of carbonyl (C=O) groups excluding carboxylic acids is 3. The highest BCUT2D eigenvalue weighted by Crippen LogP contribution is 2.52. The van der Waals surface area contributed by atoms with Gasteiger partial charge in [0.25, 0.3) is 5.91 Å². The Morgan fingerprint density at radius 1 is 1.11 bits per heavy atom. The SMILES string of the molecule is CN(C)Cc1ccc(-c2cc(N(C)C)c3c(c2O)C(=O)C2=C(O)C4C(=O)C(C(N)=O)=C(O)C[C@@H]4C[C@@H]2C3)o1. The number of aromatic hydroxyl groups is 1. The number of hydrogen-bond acceptors (Lipinski definition) is 9. The molecular weight excluding hydrogens is 490 g/mol. The number of phenols is 1. The molecule has 0 aliphatic heterocycles. The monoisotopic (exact) mass is 521 g/mol. The van der Waals surface area contributed by atoms with E-state index in [2.05, 4.69) is 0 Å². The quantitative estimate of drug-likeness (QED) is 0.434. The highest BCUT2D eigenvalue weighted by Gasteiger charge is 2.50. The lowest BCUT2D eigenvalue weighted by Gasteiger charge is -2.41. The summed E-state index contributed by atoms with van der Waals surface area (Å²) in [5.41, 5.74) is 6.60. The number of nitrogens with zero attached hydrogens (tertiary/aromatic N) is 2. The number of anilines is 1. The number of furan rings is 1. The predicted molar refractivity (Wildman–Crippen MR) is 139 cm³/mol. The van der Waals surface area contributed by atoms with Crippen LogP contribution in [0.25, 0.3) is 11.3 Å². The first-order valence-electron chi connectivity index (χ1n) is 12.4. The maximum Gasteiger partial charge on any atom is 0.255 e. The second kappa shape index (κ2) is 9.05. The van der Waals surface area contributed by atoms with Crippen molar-refractivity contribution in [3.05, 3.63) is 57.8 Å². The molecule has 0 saturated heterocycles. The normalized spacial score (nSPS) is 22.9. The summed E-state index contributed by atoms with van der Waals surface area (Å²) in [5.74, 6) is -4.45. The third-order valence-corrected chi connectivity index (χ3v) is 7.74. The highest BCUT2D eigenvalue weighted by molar-refractivity contribution is 6.22. The molecular formula is C28H31N3O7. The molecule has 1 unspecified atom stereocenters. The van der Waals surface area contributed by atoms with Crippen LogP contribution in [0.15, 0.2) is 45.3 Å². The van der Waals surface area contributed by atoms with Crippen LogP contribution in [0.2, 0.25) is 0 Å². The summed E-state index contributed by atoms with van der Waals surface area (Å²) < 4.78 is 5.97. The fourth-order valence-electron chi connectivity index (χ4n) is 6.19. The van der Waals surface area contributed by atoms with Crippen LogP contribution in [0.5, 0.6) is 5.75 Å². The minimum atomic E-state index is -1.15. The number of aliphatic hydroxyl groups excluding tert-OH is 2. The zero-order valence-electron chi connectivity index (χ0n) is 21.7.